The van der Waals surface area contributed by atoms with E-state index in [9.17, 15) is 0 Å². The molecule has 0 amide bonds. The van der Waals surface area contributed by atoms with E-state index in [0.717, 1.165) is 11.9 Å². The van der Waals surface area contributed by atoms with Crippen LogP contribution in [0.15, 0.2) is 18.3 Å². The highest BCUT2D eigenvalue weighted by molar-refractivity contribution is 6.35. The van der Waals surface area contributed by atoms with Crippen molar-refractivity contribution < 1.29 is 0 Å². The minimum absolute atomic E-state index is 0.192. The van der Waals surface area contributed by atoms with Crippen LogP contribution >= 0.6 is 0 Å². The molecule has 3 heteroatoms. The average molecular weight is 147 g/mol. The van der Waals surface area contributed by atoms with Gasteiger partial charge < -0.3 is 5.41 Å². The second-order valence-electron chi connectivity index (χ2n) is 2.25. The molecule has 0 fully saturated rings. The first-order chi connectivity index (χ1) is 5.24. The lowest BCUT2D eigenvalue weighted by Gasteiger charge is -1.96. The van der Waals surface area contributed by atoms with Crippen molar-refractivity contribution in [2.45, 2.75) is 6.92 Å². The van der Waals surface area contributed by atoms with E-state index in [0.29, 0.717) is 5.56 Å². The van der Waals surface area contributed by atoms with Crippen molar-refractivity contribution >= 4 is 11.9 Å². The number of nitrogens with zero attached hydrogens (tertiary/aromatic N) is 1. The van der Waals surface area contributed by atoms with Crippen LogP contribution in [0.4, 0.5) is 0 Å². The molecule has 56 valence electrons. The smallest absolute Gasteiger partial charge is 0.0803 e. The fraction of sp³-hybridized carbons (Fsp3) is 0.125. The second kappa shape index (κ2) is 3.05. The second-order valence-corrected chi connectivity index (χ2v) is 2.25. The van der Waals surface area contributed by atoms with E-state index in [-0.39, 0.29) is 5.71 Å². The van der Waals surface area contributed by atoms with Gasteiger partial charge in [0, 0.05) is 23.7 Å². The molecule has 0 aliphatic heterocycles. The van der Waals surface area contributed by atoms with Crippen molar-refractivity contribution in [3.05, 3.63) is 29.6 Å². The zero-order chi connectivity index (χ0) is 8.27. The lowest BCUT2D eigenvalue weighted by atomic mass is 10.2. The Morgan fingerprint density at radius 2 is 2.27 bits per heavy atom. The van der Waals surface area contributed by atoms with E-state index >= 15 is 0 Å². The molecule has 1 rings (SSSR count). The molecule has 0 aliphatic rings. The number of aryl methyl sites for hydroxylation is 1. The van der Waals surface area contributed by atoms with Gasteiger partial charge in [-0.05, 0) is 19.1 Å². The third-order valence-corrected chi connectivity index (χ3v) is 1.37. The Balaban J connectivity index is 2.98. The summed E-state index contributed by atoms with van der Waals surface area (Å²) in [7, 11) is 0. The van der Waals surface area contributed by atoms with Crippen LogP contribution in [0.1, 0.15) is 11.3 Å². The third-order valence-electron chi connectivity index (χ3n) is 1.37. The zero-order valence-corrected chi connectivity index (χ0v) is 6.26. The molecule has 2 N–H and O–H groups in total. The van der Waals surface area contributed by atoms with Gasteiger partial charge in [0.05, 0.1) is 5.71 Å². The van der Waals surface area contributed by atoms with Gasteiger partial charge in [0.15, 0.2) is 0 Å². The summed E-state index contributed by atoms with van der Waals surface area (Å²) in [5, 5.41) is 14.1. The maximum Gasteiger partial charge on any atom is 0.0803 e. The number of nitrogens with one attached hydrogen (secondary N) is 2. The largest absolute Gasteiger partial charge is 0.307 e. The van der Waals surface area contributed by atoms with Crippen LogP contribution < -0.4 is 0 Å². The minimum Gasteiger partial charge on any atom is -0.307 e. The quantitative estimate of drug-likeness (QED) is 0.610. The van der Waals surface area contributed by atoms with E-state index < -0.39 is 0 Å². The number of aromatic nitrogens is 1. The van der Waals surface area contributed by atoms with E-state index in [4.69, 9.17) is 10.8 Å². The molecular weight excluding hydrogens is 138 g/mol. The molecule has 0 atom stereocenters. The molecule has 0 bridgehead atoms. The lowest BCUT2D eigenvalue weighted by molar-refractivity contribution is 1.19. The standard InChI is InChI=1S/C8H9N3/c1-6-2-3-7(5-11-6)8(10)4-9/h2-5,9-10H,1H3. The first-order valence-corrected chi connectivity index (χ1v) is 3.26. The van der Waals surface area contributed by atoms with Crippen molar-refractivity contribution in [1.29, 1.82) is 10.8 Å². The van der Waals surface area contributed by atoms with E-state index in [2.05, 4.69) is 4.98 Å². The minimum atomic E-state index is 0.192. The third kappa shape index (κ3) is 1.70. The van der Waals surface area contributed by atoms with Crippen molar-refractivity contribution in [2.24, 2.45) is 0 Å². The zero-order valence-electron chi connectivity index (χ0n) is 6.26. The van der Waals surface area contributed by atoms with Gasteiger partial charge in [-0.15, -0.1) is 0 Å². The van der Waals surface area contributed by atoms with Gasteiger partial charge in [-0.25, -0.2) is 0 Å². The highest BCUT2D eigenvalue weighted by Gasteiger charge is 1.95. The monoisotopic (exact) mass is 147 g/mol. The number of hydrogen-bond acceptors (Lipinski definition) is 3. The van der Waals surface area contributed by atoms with Crippen molar-refractivity contribution in [2.75, 3.05) is 0 Å². The van der Waals surface area contributed by atoms with Crippen molar-refractivity contribution in [3.8, 4) is 0 Å². The Morgan fingerprint density at radius 3 is 2.73 bits per heavy atom. The predicted molar refractivity (Wildman–Crippen MR) is 44.6 cm³/mol. The summed E-state index contributed by atoms with van der Waals surface area (Å²) in [5.41, 5.74) is 1.80. The van der Waals surface area contributed by atoms with Crippen molar-refractivity contribution in [3.63, 3.8) is 0 Å². The Morgan fingerprint density at radius 1 is 1.55 bits per heavy atom. The lowest BCUT2D eigenvalue weighted by Crippen LogP contribution is -1.99. The summed E-state index contributed by atoms with van der Waals surface area (Å²) in [4.78, 5) is 4.00. The molecule has 0 saturated heterocycles. The molecule has 0 radical (unpaired) electrons. The van der Waals surface area contributed by atoms with E-state index in [1.54, 1.807) is 12.3 Å². The summed E-state index contributed by atoms with van der Waals surface area (Å²) in [6.45, 7) is 1.89. The summed E-state index contributed by atoms with van der Waals surface area (Å²) in [5.74, 6) is 0. The highest BCUT2D eigenvalue weighted by Crippen LogP contribution is 1.98. The summed E-state index contributed by atoms with van der Waals surface area (Å²) in [6.07, 6.45) is 2.61. The molecule has 1 aromatic heterocycles. The molecule has 1 aromatic rings. The Labute approximate surface area is 65.1 Å². The summed E-state index contributed by atoms with van der Waals surface area (Å²) < 4.78 is 0. The van der Waals surface area contributed by atoms with Gasteiger partial charge in [0.2, 0.25) is 0 Å². The van der Waals surface area contributed by atoms with Gasteiger partial charge in [-0.1, -0.05) is 0 Å². The molecule has 3 nitrogen and oxygen atoms in total. The average Bonchev–Trinajstić information content (AvgIpc) is 2.05. The normalized spacial score (nSPS) is 9.18. The number of pyridine rings is 1. The predicted octanol–water partition coefficient (Wildman–Crippen LogP) is 1.41. The molecule has 11 heavy (non-hydrogen) atoms. The Kier molecular flexibility index (Phi) is 2.11. The van der Waals surface area contributed by atoms with Crippen molar-refractivity contribution in [1.82, 2.24) is 4.98 Å². The van der Waals surface area contributed by atoms with Gasteiger partial charge >= 0.3 is 0 Å². The summed E-state index contributed by atoms with van der Waals surface area (Å²) >= 11 is 0. The van der Waals surface area contributed by atoms with Crippen LogP contribution in [0.2, 0.25) is 0 Å². The molecule has 0 saturated carbocycles. The fourth-order valence-corrected chi connectivity index (χ4v) is 0.710. The Bertz CT molecular complexity index is 274. The fourth-order valence-electron chi connectivity index (χ4n) is 0.710. The van der Waals surface area contributed by atoms with Crippen LogP contribution in [0.25, 0.3) is 0 Å². The molecule has 0 aromatic carbocycles. The maximum absolute atomic E-state index is 7.27. The van der Waals surface area contributed by atoms with Crippen LogP contribution in [0.5, 0.6) is 0 Å². The molecular formula is C8H9N3. The van der Waals surface area contributed by atoms with E-state index in [1.165, 1.54) is 0 Å². The van der Waals surface area contributed by atoms with Gasteiger partial charge in [0.25, 0.3) is 0 Å². The first-order valence-electron chi connectivity index (χ1n) is 3.26. The van der Waals surface area contributed by atoms with Gasteiger partial charge in [0.1, 0.15) is 0 Å². The molecule has 0 unspecified atom stereocenters. The molecule has 0 spiro atoms. The van der Waals surface area contributed by atoms with E-state index in [1.807, 2.05) is 13.0 Å². The Hall–Kier alpha value is -1.51. The SMILES string of the molecule is Cc1ccc(C(=N)C=N)cn1. The molecule has 0 aliphatic carbocycles. The van der Waals surface area contributed by atoms with Crippen LogP contribution in [0, 0.1) is 17.7 Å². The maximum atomic E-state index is 7.27. The van der Waals surface area contributed by atoms with Gasteiger partial charge in [-0.3, -0.25) is 10.4 Å². The van der Waals surface area contributed by atoms with Gasteiger partial charge in [-0.2, -0.15) is 0 Å². The topological polar surface area (TPSA) is 60.6 Å². The molecule has 1 heterocycles. The first kappa shape index (κ1) is 7.60. The van der Waals surface area contributed by atoms with Crippen LogP contribution in [-0.2, 0) is 0 Å². The number of hydrogen-bond donors (Lipinski definition) is 2. The summed E-state index contributed by atoms with van der Waals surface area (Å²) in [6, 6.07) is 3.61. The van der Waals surface area contributed by atoms with Crippen LogP contribution in [-0.4, -0.2) is 16.9 Å². The van der Waals surface area contributed by atoms with Crippen LogP contribution in [0.3, 0.4) is 0 Å². The number of rotatable bonds is 2. The highest BCUT2D eigenvalue weighted by atomic mass is 14.7.